The number of hydrogen-bond acceptors (Lipinski definition) is 7. The molecule has 0 atom stereocenters. The van der Waals surface area contributed by atoms with Gasteiger partial charge < -0.3 is 25.2 Å². The highest BCUT2D eigenvalue weighted by Crippen LogP contribution is 2.31. The van der Waals surface area contributed by atoms with Gasteiger partial charge in [-0.15, -0.1) is 0 Å². The number of benzene rings is 2. The third-order valence-electron chi connectivity index (χ3n) is 5.45. The van der Waals surface area contributed by atoms with Gasteiger partial charge in [-0.05, 0) is 56.4 Å². The summed E-state index contributed by atoms with van der Waals surface area (Å²) in [4.78, 5) is 25.4. The molecule has 0 aliphatic carbocycles. The second-order valence-electron chi connectivity index (χ2n) is 7.94. The van der Waals surface area contributed by atoms with Crippen LogP contribution in [-0.2, 0) is 4.79 Å². The van der Waals surface area contributed by atoms with Gasteiger partial charge in [-0.25, -0.2) is 4.98 Å². The van der Waals surface area contributed by atoms with Crippen LogP contribution in [0.1, 0.15) is 5.56 Å². The normalized spacial score (nSPS) is 13.9. The molecule has 33 heavy (non-hydrogen) atoms. The van der Waals surface area contributed by atoms with E-state index in [2.05, 4.69) is 56.2 Å². The lowest BCUT2D eigenvalue weighted by atomic mass is 10.2. The Kier molecular flexibility index (Phi) is 6.85. The molecule has 1 aliphatic heterocycles. The molecule has 3 aromatic rings. The van der Waals surface area contributed by atoms with Gasteiger partial charge in [-0.3, -0.25) is 4.79 Å². The highest BCUT2D eigenvalue weighted by molar-refractivity contribution is 5.99. The number of nitrogens with zero attached hydrogens (tertiary/aromatic N) is 4. The number of ether oxygens (including phenoxy) is 1. The number of anilines is 4. The Balaban J connectivity index is 1.47. The molecule has 170 valence electrons. The maximum Gasteiger partial charge on any atom is 0.247 e. The van der Waals surface area contributed by atoms with E-state index in [4.69, 9.17) is 4.74 Å². The van der Waals surface area contributed by atoms with Gasteiger partial charge in [0.05, 0.1) is 5.69 Å². The maximum absolute atomic E-state index is 11.7. The van der Waals surface area contributed by atoms with Crippen molar-refractivity contribution >= 4 is 28.9 Å². The lowest BCUT2D eigenvalue weighted by molar-refractivity contribution is -0.111. The van der Waals surface area contributed by atoms with E-state index in [9.17, 15) is 4.79 Å². The summed E-state index contributed by atoms with van der Waals surface area (Å²) in [5.41, 5.74) is 3.41. The zero-order valence-corrected chi connectivity index (χ0v) is 18.9. The Morgan fingerprint density at radius 2 is 1.82 bits per heavy atom. The average Bonchev–Trinajstić information content (AvgIpc) is 2.83. The number of aromatic nitrogens is 2. The van der Waals surface area contributed by atoms with E-state index >= 15 is 0 Å². The van der Waals surface area contributed by atoms with Gasteiger partial charge in [-0.2, -0.15) is 4.98 Å². The first-order valence-corrected chi connectivity index (χ1v) is 10.9. The third-order valence-corrected chi connectivity index (χ3v) is 5.45. The van der Waals surface area contributed by atoms with Crippen molar-refractivity contribution in [3.05, 3.63) is 72.9 Å². The van der Waals surface area contributed by atoms with Crippen molar-refractivity contribution in [2.45, 2.75) is 6.92 Å². The van der Waals surface area contributed by atoms with Gasteiger partial charge in [0.15, 0.2) is 5.75 Å². The van der Waals surface area contributed by atoms with Crippen LogP contribution >= 0.6 is 0 Å². The molecule has 1 aromatic heterocycles. The number of amides is 1. The third kappa shape index (κ3) is 5.67. The van der Waals surface area contributed by atoms with Crippen molar-refractivity contribution in [2.75, 3.05) is 48.8 Å². The van der Waals surface area contributed by atoms with Gasteiger partial charge in [0, 0.05) is 49.3 Å². The molecule has 1 aliphatic rings. The van der Waals surface area contributed by atoms with Crippen molar-refractivity contribution in [2.24, 2.45) is 0 Å². The number of likely N-dealkylation sites (N-methyl/N-ethyl adjacent to an activating group) is 1. The summed E-state index contributed by atoms with van der Waals surface area (Å²) in [5, 5.41) is 5.98. The number of hydrogen-bond donors (Lipinski definition) is 2. The zero-order valence-electron chi connectivity index (χ0n) is 18.9. The predicted molar refractivity (Wildman–Crippen MR) is 132 cm³/mol. The number of aryl methyl sites for hydroxylation is 1. The molecule has 0 unspecified atom stereocenters. The quantitative estimate of drug-likeness (QED) is 0.529. The number of rotatable bonds is 7. The van der Waals surface area contributed by atoms with Crippen molar-refractivity contribution in [1.82, 2.24) is 14.9 Å². The first-order chi connectivity index (χ1) is 16.0. The minimum Gasteiger partial charge on any atom is -0.436 e. The van der Waals surface area contributed by atoms with Crippen LogP contribution in [0.4, 0.5) is 23.0 Å². The second kappa shape index (κ2) is 10.1. The van der Waals surface area contributed by atoms with E-state index in [1.165, 1.54) is 11.8 Å². The molecule has 1 saturated heterocycles. The average molecular weight is 445 g/mol. The van der Waals surface area contributed by atoms with Gasteiger partial charge in [0.1, 0.15) is 0 Å². The number of carbonyl (C=O) groups is 1. The maximum atomic E-state index is 11.7. The highest BCUT2D eigenvalue weighted by Gasteiger charge is 2.14. The first kappa shape index (κ1) is 22.3. The van der Waals surface area contributed by atoms with Crippen LogP contribution in [0.5, 0.6) is 11.6 Å². The molecule has 1 fully saturated rings. The topological polar surface area (TPSA) is 82.6 Å². The van der Waals surface area contributed by atoms with E-state index in [-0.39, 0.29) is 5.91 Å². The lowest BCUT2D eigenvalue weighted by Gasteiger charge is -2.34. The molecule has 2 N–H and O–H groups in total. The van der Waals surface area contributed by atoms with Crippen LogP contribution in [0, 0.1) is 6.92 Å². The minimum atomic E-state index is -0.312. The Hall–Kier alpha value is -3.91. The summed E-state index contributed by atoms with van der Waals surface area (Å²) in [5.74, 6) is 1.00. The molecule has 0 bridgehead atoms. The molecule has 1 amide bonds. The van der Waals surface area contributed by atoms with E-state index in [0.29, 0.717) is 23.3 Å². The van der Waals surface area contributed by atoms with Crippen molar-refractivity contribution in [3.8, 4) is 11.6 Å². The Morgan fingerprint density at radius 3 is 2.55 bits per heavy atom. The molecule has 8 heteroatoms. The predicted octanol–water partition coefficient (Wildman–Crippen LogP) is 4.20. The monoisotopic (exact) mass is 444 g/mol. The Bertz CT molecular complexity index is 1120. The van der Waals surface area contributed by atoms with Crippen molar-refractivity contribution < 1.29 is 9.53 Å². The van der Waals surface area contributed by atoms with Crippen LogP contribution in [0.2, 0.25) is 0 Å². The fraction of sp³-hybridized carbons (Fsp3) is 0.240. The minimum absolute atomic E-state index is 0.312. The molecule has 2 heterocycles. The number of carbonyl (C=O) groups excluding carboxylic acids is 1. The van der Waals surface area contributed by atoms with Crippen LogP contribution in [-0.4, -0.2) is 54.0 Å². The molecule has 0 radical (unpaired) electrons. The highest BCUT2D eigenvalue weighted by atomic mass is 16.5. The molecule has 0 spiro atoms. The summed E-state index contributed by atoms with van der Waals surface area (Å²) in [6.07, 6.45) is 2.91. The summed E-state index contributed by atoms with van der Waals surface area (Å²) < 4.78 is 6.02. The van der Waals surface area contributed by atoms with Crippen LogP contribution in [0.15, 0.2) is 67.4 Å². The fourth-order valence-electron chi connectivity index (χ4n) is 3.49. The van der Waals surface area contributed by atoms with Crippen LogP contribution in [0.25, 0.3) is 0 Å². The fourth-order valence-corrected chi connectivity index (χ4v) is 3.49. The molecular formula is C25H28N6O2. The van der Waals surface area contributed by atoms with Gasteiger partial charge in [-0.1, -0.05) is 18.7 Å². The SMILES string of the molecule is C=CC(=O)Nc1ccccc1Oc1nc(Nc2ccc(N3CCN(C)CC3)cc2)ncc1C. The Labute approximate surface area is 193 Å². The van der Waals surface area contributed by atoms with Crippen LogP contribution < -0.4 is 20.3 Å². The lowest BCUT2D eigenvalue weighted by Crippen LogP contribution is -2.44. The van der Waals surface area contributed by atoms with Gasteiger partial charge >= 0.3 is 0 Å². The number of para-hydroxylation sites is 2. The van der Waals surface area contributed by atoms with Crippen molar-refractivity contribution in [3.63, 3.8) is 0 Å². The van der Waals surface area contributed by atoms with Crippen LogP contribution in [0.3, 0.4) is 0 Å². The second-order valence-corrected chi connectivity index (χ2v) is 7.94. The number of nitrogens with one attached hydrogen (secondary N) is 2. The van der Waals surface area contributed by atoms with Crippen molar-refractivity contribution in [1.29, 1.82) is 0 Å². The number of piperazine rings is 1. The Morgan fingerprint density at radius 1 is 1.09 bits per heavy atom. The summed E-state index contributed by atoms with van der Waals surface area (Å²) in [7, 11) is 2.15. The summed E-state index contributed by atoms with van der Waals surface area (Å²) >= 11 is 0. The molecule has 4 rings (SSSR count). The van der Waals surface area contributed by atoms with Gasteiger partial charge in [0.25, 0.3) is 0 Å². The molecule has 2 aromatic carbocycles. The zero-order chi connectivity index (χ0) is 23.2. The molecule has 0 saturated carbocycles. The first-order valence-electron chi connectivity index (χ1n) is 10.9. The summed E-state index contributed by atoms with van der Waals surface area (Å²) in [6, 6.07) is 15.4. The molecule has 8 nitrogen and oxygen atoms in total. The van der Waals surface area contributed by atoms with Gasteiger partial charge in [0.2, 0.25) is 17.7 Å². The van der Waals surface area contributed by atoms with E-state index in [0.717, 1.165) is 37.4 Å². The smallest absolute Gasteiger partial charge is 0.247 e. The van der Waals surface area contributed by atoms with E-state index in [1.807, 2.05) is 31.2 Å². The summed E-state index contributed by atoms with van der Waals surface area (Å²) in [6.45, 7) is 9.55. The largest absolute Gasteiger partial charge is 0.436 e. The molecular weight excluding hydrogens is 416 g/mol. The van der Waals surface area contributed by atoms with E-state index in [1.54, 1.807) is 18.3 Å². The van der Waals surface area contributed by atoms with E-state index < -0.39 is 0 Å². The standard InChI is InChI=1S/C25H28N6O2/c1-4-23(32)28-21-7-5-6-8-22(21)33-24-18(2)17-26-25(29-24)27-19-9-11-20(12-10-19)31-15-13-30(3)14-16-31/h4-12,17H,1,13-16H2,2-3H3,(H,28,32)(H,26,27,29).